The minimum absolute atomic E-state index is 0.593. The van der Waals surface area contributed by atoms with E-state index in [0.717, 1.165) is 28.9 Å². The van der Waals surface area contributed by atoms with E-state index in [0.29, 0.717) is 11.8 Å². The highest BCUT2D eigenvalue weighted by Crippen LogP contribution is 2.51. The Bertz CT molecular complexity index is 829. The average molecular weight is 305 g/mol. The third-order valence-electron chi connectivity index (χ3n) is 5.29. The molecule has 2 fully saturated rings. The van der Waals surface area contributed by atoms with Crippen molar-refractivity contribution in [1.82, 2.24) is 19.6 Å². The SMILES string of the molecule is c1ccc(-c2cc(NC3[C@H]4CCCC[C@H]34)n3ncnc3n2)cc1. The highest BCUT2D eigenvalue weighted by molar-refractivity contribution is 5.65. The Morgan fingerprint density at radius 2 is 1.83 bits per heavy atom. The summed E-state index contributed by atoms with van der Waals surface area (Å²) in [7, 11) is 0. The molecule has 5 heteroatoms. The van der Waals surface area contributed by atoms with Crippen LogP contribution in [0.5, 0.6) is 0 Å². The third-order valence-corrected chi connectivity index (χ3v) is 5.29. The zero-order valence-corrected chi connectivity index (χ0v) is 12.9. The summed E-state index contributed by atoms with van der Waals surface area (Å²) in [6.07, 6.45) is 7.05. The van der Waals surface area contributed by atoms with Gasteiger partial charge in [-0.1, -0.05) is 43.2 Å². The van der Waals surface area contributed by atoms with Crippen LogP contribution < -0.4 is 5.32 Å². The Morgan fingerprint density at radius 3 is 2.61 bits per heavy atom. The Hall–Kier alpha value is -2.43. The zero-order chi connectivity index (χ0) is 15.2. The predicted molar refractivity (Wildman–Crippen MR) is 89.1 cm³/mol. The van der Waals surface area contributed by atoms with Gasteiger partial charge in [-0.05, 0) is 24.7 Å². The van der Waals surface area contributed by atoms with Crippen LogP contribution in [0, 0.1) is 11.8 Å². The molecule has 2 atom stereocenters. The minimum atomic E-state index is 0.593. The van der Waals surface area contributed by atoms with Crippen molar-refractivity contribution < 1.29 is 0 Å². The molecule has 0 aliphatic heterocycles. The van der Waals surface area contributed by atoms with E-state index >= 15 is 0 Å². The maximum atomic E-state index is 4.63. The van der Waals surface area contributed by atoms with Gasteiger partial charge in [0.1, 0.15) is 12.1 Å². The Labute approximate surface area is 134 Å². The number of nitrogens with one attached hydrogen (secondary N) is 1. The average Bonchev–Trinajstić information content (AvgIpc) is 3.07. The summed E-state index contributed by atoms with van der Waals surface area (Å²) in [5, 5.41) is 8.05. The molecule has 2 aliphatic rings. The second-order valence-electron chi connectivity index (χ2n) is 6.65. The second kappa shape index (κ2) is 5.05. The van der Waals surface area contributed by atoms with Crippen molar-refractivity contribution in [3.8, 4) is 11.3 Å². The molecule has 1 aromatic carbocycles. The number of hydrogen-bond donors (Lipinski definition) is 1. The van der Waals surface area contributed by atoms with Gasteiger partial charge in [0, 0.05) is 17.7 Å². The van der Waals surface area contributed by atoms with Gasteiger partial charge in [-0.3, -0.25) is 0 Å². The number of rotatable bonds is 3. The lowest BCUT2D eigenvalue weighted by atomic mass is 10.0. The van der Waals surface area contributed by atoms with Crippen molar-refractivity contribution in [2.75, 3.05) is 5.32 Å². The Balaban J connectivity index is 1.53. The molecule has 2 heterocycles. The van der Waals surface area contributed by atoms with Gasteiger partial charge in [-0.25, -0.2) is 4.98 Å². The largest absolute Gasteiger partial charge is 0.367 e. The standard InChI is InChI=1S/C18H19N5/c1-2-6-12(7-3-1)15-10-16(23-18(21-15)19-11-20-23)22-17-13-8-4-5-9-14(13)17/h1-3,6-7,10-11,13-14,17,22H,4-5,8-9H2/t13-,14-/m0/s1. The fourth-order valence-corrected chi connectivity index (χ4v) is 4.05. The van der Waals surface area contributed by atoms with E-state index in [-0.39, 0.29) is 0 Å². The first-order chi connectivity index (χ1) is 11.4. The van der Waals surface area contributed by atoms with Gasteiger partial charge in [0.25, 0.3) is 5.78 Å². The molecule has 2 saturated carbocycles. The van der Waals surface area contributed by atoms with Crippen molar-refractivity contribution >= 4 is 11.6 Å². The molecule has 1 N–H and O–H groups in total. The van der Waals surface area contributed by atoms with Gasteiger partial charge in [0.05, 0.1) is 5.69 Å². The summed E-state index contributed by atoms with van der Waals surface area (Å²) in [5.41, 5.74) is 2.05. The molecule has 5 nitrogen and oxygen atoms in total. The lowest BCUT2D eigenvalue weighted by molar-refractivity contribution is 0.480. The molecule has 5 rings (SSSR count). The molecule has 0 bridgehead atoms. The highest BCUT2D eigenvalue weighted by atomic mass is 15.4. The molecule has 0 saturated heterocycles. The molecular weight excluding hydrogens is 286 g/mol. The fraction of sp³-hybridized carbons (Fsp3) is 0.389. The van der Waals surface area contributed by atoms with E-state index in [9.17, 15) is 0 Å². The summed E-state index contributed by atoms with van der Waals surface area (Å²) in [6, 6.07) is 12.9. The summed E-state index contributed by atoms with van der Waals surface area (Å²) < 4.78 is 1.82. The smallest absolute Gasteiger partial charge is 0.254 e. The molecule has 0 spiro atoms. The molecule has 23 heavy (non-hydrogen) atoms. The van der Waals surface area contributed by atoms with Gasteiger partial charge in [-0.2, -0.15) is 14.6 Å². The molecule has 3 aromatic rings. The van der Waals surface area contributed by atoms with E-state index in [1.165, 1.54) is 25.7 Å². The number of nitrogens with zero attached hydrogens (tertiary/aromatic N) is 4. The predicted octanol–water partition coefficient (Wildman–Crippen LogP) is 3.39. The monoisotopic (exact) mass is 305 g/mol. The van der Waals surface area contributed by atoms with Crippen LogP contribution in [0.15, 0.2) is 42.7 Å². The molecule has 0 amide bonds. The topological polar surface area (TPSA) is 55.1 Å². The van der Waals surface area contributed by atoms with E-state index in [2.05, 4.69) is 38.6 Å². The van der Waals surface area contributed by atoms with E-state index in [1.54, 1.807) is 6.33 Å². The van der Waals surface area contributed by atoms with Crippen molar-refractivity contribution in [2.24, 2.45) is 11.8 Å². The summed E-state index contributed by atoms with van der Waals surface area (Å²) in [4.78, 5) is 8.92. The first kappa shape index (κ1) is 13.0. The maximum Gasteiger partial charge on any atom is 0.254 e. The van der Waals surface area contributed by atoms with Crippen LogP contribution in [0.25, 0.3) is 17.0 Å². The van der Waals surface area contributed by atoms with E-state index in [4.69, 9.17) is 0 Å². The maximum absolute atomic E-state index is 4.63. The number of fused-ring (bicyclic) bond motifs is 2. The van der Waals surface area contributed by atoms with Gasteiger partial charge in [-0.15, -0.1) is 0 Å². The normalized spacial score (nSPS) is 26.0. The lowest BCUT2D eigenvalue weighted by Crippen LogP contribution is -2.11. The zero-order valence-electron chi connectivity index (χ0n) is 12.9. The molecular formula is C18H19N5. The van der Waals surface area contributed by atoms with Crippen molar-refractivity contribution in [3.05, 3.63) is 42.7 Å². The fourth-order valence-electron chi connectivity index (χ4n) is 4.05. The Morgan fingerprint density at radius 1 is 1.04 bits per heavy atom. The van der Waals surface area contributed by atoms with Crippen molar-refractivity contribution in [2.45, 2.75) is 31.7 Å². The van der Waals surface area contributed by atoms with Crippen molar-refractivity contribution in [3.63, 3.8) is 0 Å². The molecule has 116 valence electrons. The number of aromatic nitrogens is 4. The van der Waals surface area contributed by atoms with Gasteiger partial charge < -0.3 is 5.32 Å². The first-order valence-corrected chi connectivity index (χ1v) is 8.43. The highest BCUT2D eigenvalue weighted by Gasteiger charge is 2.50. The quantitative estimate of drug-likeness (QED) is 0.806. The molecule has 2 aliphatic carbocycles. The Kier molecular flexibility index (Phi) is 2.86. The van der Waals surface area contributed by atoms with Crippen LogP contribution in [0.3, 0.4) is 0 Å². The lowest BCUT2D eigenvalue weighted by Gasteiger charge is -2.10. The number of anilines is 1. The van der Waals surface area contributed by atoms with Gasteiger partial charge in [0.2, 0.25) is 0 Å². The molecule has 2 aromatic heterocycles. The summed E-state index contributed by atoms with van der Waals surface area (Å²) >= 11 is 0. The van der Waals surface area contributed by atoms with Gasteiger partial charge >= 0.3 is 0 Å². The van der Waals surface area contributed by atoms with Crippen LogP contribution >= 0.6 is 0 Å². The van der Waals surface area contributed by atoms with E-state index in [1.807, 2.05) is 22.7 Å². The van der Waals surface area contributed by atoms with Crippen LogP contribution in [0.4, 0.5) is 5.82 Å². The number of hydrogen-bond acceptors (Lipinski definition) is 4. The van der Waals surface area contributed by atoms with Gasteiger partial charge in [0.15, 0.2) is 0 Å². The third kappa shape index (κ3) is 2.19. The summed E-state index contributed by atoms with van der Waals surface area (Å²) in [6.45, 7) is 0. The number of benzene rings is 1. The van der Waals surface area contributed by atoms with Crippen LogP contribution in [0.2, 0.25) is 0 Å². The van der Waals surface area contributed by atoms with Crippen LogP contribution in [-0.2, 0) is 0 Å². The molecule has 0 unspecified atom stereocenters. The van der Waals surface area contributed by atoms with Crippen LogP contribution in [0.1, 0.15) is 25.7 Å². The van der Waals surface area contributed by atoms with Crippen molar-refractivity contribution in [1.29, 1.82) is 0 Å². The summed E-state index contributed by atoms with van der Waals surface area (Å²) in [5.74, 6) is 3.34. The molecule has 0 radical (unpaired) electrons. The minimum Gasteiger partial charge on any atom is -0.367 e. The van der Waals surface area contributed by atoms with Crippen LogP contribution in [-0.4, -0.2) is 25.6 Å². The van der Waals surface area contributed by atoms with E-state index < -0.39 is 0 Å². The second-order valence-corrected chi connectivity index (χ2v) is 6.65. The first-order valence-electron chi connectivity index (χ1n) is 8.43.